The van der Waals surface area contributed by atoms with Gasteiger partial charge in [-0.15, -0.1) is 0 Å². The summed E-state index contributed by atoms with van der Waals surface area (Å²) in [7, 11) is 0. The summed E-state index contributed by atoms with van der Waals surface area (Å²) in [5, 5.41) is 10.8. The van der Waals surface area contributed by atoms with Crippen LogP contribution in [0.2, 0.25) is 0 Å². The van der Waals surface area contributed by atoms with Crippen LogP contribution in [0.4, 0.5) is 24.8 Å². The topological polar surface area (TPSA) is 94.6 Å². The molecule has 0 unspecified atom stereocenters. The molecule has 4 heterocycles. The van der Waals surface area contributed by atoms with Gasteiger partial charge in [0.2, 0.25) is 5.95 Å². The Bertz CT molecular complexity index is 1460. The van der Waals surface area contributed by atoms with Crippen molar-refractivity contribution in [2.75, 3.05) is 11.9 Å². The Balaban J connectivity index is 1.61. The number of alkyl halides is 3. The quantitative estimate of drug-likeness (QED) is 0.459. The largest absolute Gasteiger partial charge is 0.408 e. The highest BCUT2D eigenvalue weighted by Crippen LogP contribution is 2.24. The predicted molar refractivity (Wildman–Crippen MR) is 125 cm³/mol. The van der Waals surface area contributed by atoms with Crippen LogP contribution in [0.15, 0.2) is 41.5 Å². The number of halogens is 3. The number of nitrogens with zero attached hydrogens (tertiary/aromatic N) is 6. The van der Waals surface area contributed by atoms with Crippen molar-refractivity contribution in [2.24, 2.45) is 0 Å². The molecule has 0 bridgehead atoms. The van der Waals surface area contributed by atoms with Crippen molar-refractivity contribution in [3.8, 4) is 5.82 Å². The van der Waals surface area contributed by atoms with E-state index in [1.807, 2.05) is 39.0 Å². The van der Waals surface area contributed by atoms with Crippen LogP contribution in [-0.2, 0) is 25.0 Å². The first-order chi connectivity index (χ1) is 16.5. The van der Waals surface area contributed by atoms with Crippen molar-refractivity contribution >= 4 is 22.7 Å². The van der Waals surface area contributed by atoms with Crippen LogP contribution in [0.1, 0.15) is 31.9 Å². The van der Waals surface area contributed by atoms with E-state index in [0.717, 1.165) is 35.4 Å². The number of rotatable bonds is 4. The lowest BCUT2D eigenvalue weighted by molar-refractivity contribution is -0.144. The van der Waals surface area contributed by atoms with Gasteiger partial charge in [-0.2, -0.15) is 23.3 Å². The Morgan fingerprint density at radius 1 is 1.14 bits per heavy atom. The van der Waals surface area contributed by atoms with Crippen molar-refractivity contribution in [1.82, 2.24) is 34.4 Å². The Labute approximate surface area is 198 Å². The first-order valence-corrected chi connectivity index (χ1v) is 11.2. The van der Waals surface area contributed by atoms with E-state index in [1.54, 1.807) is 16.9 Å². The third-order valence-corrected chi connectivity index (χ3v) is 5.83. The summed E-state index contributed by atoms with van der Waals surface area (Å²) in [6.45, 7) is 5.94. The van der Waals surface area contributed by atoms with E-state index in [2.05, 4.69) is 25.7 Å². The fraction of sp³-hybridized carbons (Fsp3) is 0.391. The monoisotopic (exact) mass is 486 g/mol. The predicted octanol–water partition coefficient (Wildman–Crippen LogP) is 3.49. The number of hydrogen-bond donors (Lipinski definition) is 2. The maximum Gasteiger partial charge on any atom is 0.408 e. The van der Waals surface area contributed by atoms with Crippen molar-refractivity contribution in [2.45, 2.75) is 52.0 Å². The van der Waals surface area contributed by atoms with Gasteiger partial charge in [-0.3, -0.25) is 9.48 Å². The van der Waals surface area contributed by atoms with Gasteiger partial charge in [0.15, 0.2) is 11.5 Å². The summed E-state index contributed by atoms with van der Waals surface area (Å²) >= 11 is 0. The average molecular weight is 487 g/mol. The smallest absolute Gasteiger partial charge is 0.324 e. The minimum atomic E-state index is -4.62. The Kier molecular flexibility index (Phi) is 5.42. The Morgan fingerprint density at radius 3 is 2.66 bits per heavy atom. The SMILES string of the molecule is CC(C)(C)n1ccc(-n2c3nc(Nc4ccc5c(c4)CNCC5)ncc3c(=O)n2CC(F)(F)F)n1. The van der Waals surface area contributed by atoms with E-state index in [9.17, 15) is 18.0 Å². The van der Waals surface area contributed by atoms with Gasteiger partial charge < -0.3 is 10.6 Å². The number of aromatic nitrogens is 6. The van der Waals surface area contributed by atoms with E-state index < -0.39 is 23.8 Å². The molecule has 0 aliphatic carbocycles. The zero-order valence-corrected chi connectivity index (χ0v) is 19.5. The first-order valence-electron chi connectivity index (χ1n) is 11.2. The van der Waals surface area contributed by atoms with Crippen LogP contribution >= 0.6 is 0 Å². The molecule has 2 N–H and O–H groups in total. The summed E-state index contributed by atoms with van der Waals surface area (Å²) < 4.78 is 43.5. The minimum Gasteiger partial charge on any atom is -0.324 e. The van der Waals surface area contributed by atoms with E-state index in [4.69, 9.17) is 0 Å². The molecule has 3 aromatic heterocycles. The molecule has 1 aromatic carbocycles. The Morgan fingerprint density at radius 2 is 1.94 bits per heavy atom. The molecular weight excluding hydrogens is 461 g/mol. The summed E-state index contributed by atoms with van der Waals surface area (Å²) in [4.78, 5) is 21.6. The molecule has 0 radical (unpaired) electrons. The molecule has 4 aromatic rings. The van der Waals surface area contributed by atoms with Crippen LogP contribution in [0.3, 0.4) is 0 Å². The molecular formula is C23H25F3N8O. The number of nitrogens with one attached hydrogen (secondary N) is 2. The molecule has 0 amide bonds. The van der Waals surface area contributed by atoms with E-state index in [1.165, 1.54) is 11.8 Å². The lowest BCUT2D eigenvalue weighted by Crippen LogP contribution is -2.30. The van der Waals surface area contributed by atoms with Crippen LogP contribution in [0.25, 0.3) is 16.9 Å². The fourth-order valence-corrected chi connectivity index (χ4v) is 4.12. The summed E-state index contributed by atoms with van der Waals surface area (Å²) in [5.74, 6) is 0.315. The second-order valence-corrected chi connectivity index (χ2v) is 9.55. The van der Waals surface area contributed by atoms with Crippen molar-refractivity contribution in [1.29, 1.82) is 0 Å². The van der Waals surface area contributed by atoms with E-state index in [0.29, 0.717) is 4.68 Å². The van der Waals surface area contributed by atoms with Gasteiger partial charge in [-0.05, 0) is 57.0 Å². The number of fused-ring (bicyclic) bond motifs is 2. The molecule has 12 heteroatoms. The van der Waals surface area contributed by atoms with Crippen LogP contribution in [0, 0.1) is 0 Å². The lowest BCUT2D eigenvalue weighted by Gasteiger charge is -2.19. The Hall–Kier alpha value is -3.67. The molecule has 5 rings (SSSR count). The van der Waals surface area contributed by atoms with E-state index in [-0.39, 0.29) is 22.8 Å². The fourth-order valence-electron chi connectivity index (χ4n) is 4.12. The molecule has 184 valence electrons. The van der Waals surface area contributed by atoms with Gasteiger partial charge in [0.25, 0.3) is 5.56 Å². The highest BCUT2D eigenvalue weighted by Gasteiger charge is 2.32. The summed E-state index contributed by atoms with van der Waals surface area (Å²) in [6, 6.07) is 7.49. The van der Waals surface area contributed by atoms with Gasteiger partial charge in [0.1, 0.15) is 11.9 Å². The molecule has 0 fully saturated rings. The second kappa shape index (κ2) is 8.22. The molecule has 0 saturated heterocycles. The van der Waals surface area contributed by atoms with Gasteiger partial charge in [-0.1, -0.05) is 6.07 Å². The molecule has 9 nitrogen and oxygen atoms in total. The molecule has 0 spiro atoms. The normalized spacial score (nSPS) is 14.3. The number of anilines is 2. The standard InChI is InChI=1S/C23H25F3N8O/c1-22(2,3)33-9-7-18(31-33)34-19-17(20(35)32(34)13-23(24,25)26)12-28-21(30-19)29-16-5-4-14-6-8-27-11-15(14)10-16/h4-5,7,9-10,12,27H,6,8,11,13H2,1-3H3,(H,28,29,30). The van der Waals surface area contributed by atoms with Gasteiger partial charge in [0.05, 0.1) is 5.54 Å². The van der Waals surface area contributed by atoms with Crippen molar-refractivity contribution in [3.05, 3.63) is 58.1 Å². The first kappa shape index (κ1) is 23.1. The van der Waals surface area contributed by atoms with E-state index >= 15 is 0 Å². The highest BCUT2D eigenvalue weighted by atomic mass is 19.4. The molecule has 35 heavy (non-hydrogen) atoms. The lowest BCUT2D eigenvalue weighted by atomic mass is 10.0. The molecule has 1 aliphatic heterocycles. The van der Waals surface area contributed by atoms with Crippen LogP contribution in [0.5, 0.6) is 0 Å². The third-order valence-electron chi connectivity index (χ3n) is 5.83. The number of hydrogen-bond acceptors (Lipinski definition) is 6. The maximum atomic E-state index is 13.4. The summed E-state index contributed by atoms with van der Waals surface area (Å²) in [5.41, 5.74) is 1.96. The van der Waals surface area contributed by atoms with Gasteiger partial charge in [-0.25, -0.2) is 14.3 Å². The van der Waals surface area contributed by atoms with Gasteiger partial charge in [0, 0.05) is 30.7 Å². The van der Waals surface area contributed by atoms with Crippen LogP contribution < -0.4 is 16.2 Å². The molecule has 0 saturated carbocycles. The second-order valence-electron chi connectivity index (χ2n) is 9.55. The van der Waals surface area contributed by atoms with Crippen molar-refractivity contribution < 1.29 is 13.2 Å². The van der Waals surface area contributed by atoms with Crippen molar-refractivity contribution in [3.63, 3.8) is 0 Å². The molecule has 0 atom stereocenters. The number of benzene rings is 1. The summed E-state index contributed by atoms with van der Waals surface area (Å²) in [6.07, 6.45) is -0.769. The average Bonchev–Trinajstić information content (AvgIpc) is 3.36. The van der Waals surface area contributed by atoms with Crippen LogP contribution in [-0.4, -0.2) is 41.8 Å². The molecule has 1 aliphatic rings. The third kappa shape index (κ3) is 4.53. The zero-order valence-electron chi connectivity index (χ0n) is 19.5. The van der Waals surface area contributed by atoms with Gasteiger partial charge >= 0.3 is 6.18 Å². The minimum absolute atomic E-state index is 0.0280. The zero-order chi connectivity index (χ0) is 25.0. The maximum absolute atomic E-state index is 13.4. The highest BCUT2D eigenvalue weighted by molar-refractivity contribution is 5.77.